The molecule has 100 valence electrons. The monoisotopic (exact) mass is 261 g/mol. The van der Waals surface area contributed by atoms with Crippen LogP contribution in [0.2, 0.25) is 0 Å². The van der Waals surface area contributed by atoms with E-state index in [0.717, 1.165) is 22.4 Å². The zero-order chi connectivity index (χ0) is 14.4. The predicted molar refractivity (Wildman–Crippen MR) is 86.2 cm³/mol. The van der Waals surface area contributed by atoms with Gasteiger partial charge in [-0.1, -0.05) is 48.8 Å². The van der Waals surface area contributed by atoms with Gasteiger partial charge in [0, 0.05) is 22.9 Å². The van der Waals surface area contributed by atoms with E-state index in [2.05, 4.69) is 43.7 Å². The molecule has 0 bridgehead atoms. The Morgan fingerprint density at radius 3 is 2.30 bits per heavy atom. The lowest BCUT2D eigenvalue weighted by Crippen LogP contribution is -2.20. The largest absolute Gasteiger partial charge is 0.383 e. The molecule has 0 saturated carbocycles. The Labute approximate surface area is 121 Å². The Hall–Kier alpha value is -2.46. The Bertz CT molecular complexity index is 642. The van der Waals surface area contributed by atoms with Crippen molar-refractivity contribution in [2.24, 2.45) is 0 Å². The van der Waals surface area contributed by atoms with Gasteiger partial charge in [-0.3, -0.25) is 0 Å². The zero-order valence-electron chi connectivity index (χ0n) is 12.0. The third-order valence-corrected chi connectivity index (χ3v) is 2.80. The van der Waals surface area contributed by atoms with Crippen LogP contribution in [0.3, 0.4) is 0 Å². The molecule has 0 heterocycles. The molecular weight excluding hydrogens is 242 g/mol. The molecule has 0 spiro atoms. The summed E-state index contributed by atoms with van der Waals surface area (Å²) in [6, 6.07) is 18.5. The Balaban J connectivity index is 2.19. The van der Waals surface area contributed by atoms with Crippen LogP contribution in [-0.2, 0) is 0 Å². The van der Waals surface area contributed by atoms with E-state index in [1.165, 1.54) is 0 Å². The van der Waals surface area contributed by atoms with E-state index in [1.54, 1.807) is 0 Å². The molecule has 0 saturated heterocycles. The van der Waals surface area contributed by atoms with E-state index in [-0.39, 0.29) is 0 Å². The highest BCUT2D eigenvalue weighted by Gasteiger charge is 2.00. The topological polar surface area (TPSA) is 12.0 Å². The van der Waals surface area contributed by atoms with E-state index in [1.807, 2.05) is 48.5 Å². The zero-order valence-corrected chi connectivity index (χ0v) is 12.0. The summed E-state index contributed by atoms with van der Waals surface area (Å²) in [6.07, 6.45) is 0. The van der Waals surface area contributed by atoms with Crippen molar-refractivity contribution in [2.75, 3.05) is 0 Å². The van der Waals surface area contributed by atoms with Crippen LogP contribution in [0.25, 0.3) is 5.70 Å². The lowest BCUT2D eigenvalue weighted by Gasteiger charge is -2.13. The van der Waals surface area contributed by atoms with Gasteiger partial charge in [-0.15, -0.1) is 0 Å². The molecular formula is C19H19N. The van der Waals surface area contributed by atoms with Crippen molar-refractivity contribution < 1.29 is 0 Å². The lowest BCUT2D eigenvalue weighted by molar-refractivity contribution is 0.718. The minimum absolute atomic E-state index is 0.376. The highest BCUT2D eigenvalue weighted by Crippen LogP contribution is 2.12. The van der Waals surface area contributed by atoms with Crippen LogP contribution in [0.15, 0.2) is 61.2 Å². The minimum Gasteiger partial charge on any atom is -0.383 e. The molecule has 0 aliphatic rings. The van der Waals surface area contributed by atoms with Crippen molar-refractivity contribution in [3.8, 4) is 11.8 Å². The van der Waals surface area contributed by atoms with Gasteiger partial charge in [0.05, 0.1) is 0 Å². The first-order valence-corrected chi connectivity index (χ1v) is 6.78. The molecule has 1 nitrogen and oxygen atoms in total. The second-order valence-corrected chi connectivity index (χ2v) is 4.97. The van der Waals surface area contributed by atoms with Crippen molar-refractivity contribution in [3.63, 3.8) is 0 Å². The van der Waals surface area contributed by atoms with E-state index < -0.39 is 0 Å². The first-order chi connectivity index (χ1) is 9.65. The fraction of sp³-hybridized carbons (Fsp3) is 0.158. The van der Waals surface area contributed by atoms with Gasteiger partial charge >= 0.3 is 0 Å². The molecule has 0 atom stereocenters. The molecule has 0 radical (unpaired) electrons. The molecule has 0 unspecified atom stereocenters. The van der Waals surface area contributed by atoms with Crippen LogP contribution in [0.5, 0.6) is 0 Å². The van der Waals surface area contributed by atoms with Crippen molar-refractivity contribution in [1.82, 2.24) is 5.32 Å². The SMILES string of the molecule is C=C(NC(C)C)c1cccc(C#Cc2ccccc2)c1. The highest BCUT2D eigenvalue weighted by molar-refractivity contribution is 5.63. The van der Waals surface area contributed by atoms with Crippen LogP contribution >= 0.6 is 0 Å². The van der Waals surface area contributed by atoms with Crippen LogP contribution < -0.4 is 5.32 Å². The normalized spacial score (nSPS) is 9.75. The van der Waals surface area contributed by atoms with Gasteiger partial charge in [0.25, 0.3) is 0 Å². The first kappa shape index (κ1) is 14.0. The summed E-state index contributed by atoms with van der Waals surface area (Å²) in [5.74, 6) is 6.36. The van der Waals surface area contributed by atoms with Crippen molar-refractivity contribution in [3.05, 3.63) is 77.9 Å². The molecule has 2 aromatic rings. The number of rotatable bonds is 3. The first-order valence-electron chi connectivity index (χ1n) is 6.78. The van der Waals surface area contributed by atoms with Crippen LogP contribution in [0.1, 0.15) is 30.5 Å². The quantitative estimate of drug-likeness (QED) is 0.822. The van der Waals surface area contributed by atoms with Gasteiger partial charge in [-0.05, 0) is 43.7 Å². The highest BCUT2D eigenvalue weighted by atomic mass is 14.9. The van der Waals surface area contributed by atoms with Crippen molar-refractivity contribution >= 4 is 5.70 Å². The fourth-order valence-electron chi connectivity index (χ4n) is 1.88. The number of nitrogens with one attached hydrogen (secondary N) is 1. The third-order valence-electron chi connectivity index (χ3n) is 2.80. The van der Waals surface area contributed by atoms with Gasteiger partial charge < -0.3 is 5.32 Å². The van der Waals surface area contributed by atoms with Gasteiger partial charge in [-0.25, -0.2) is 0 Å². The summed E-state index contributed by atoms with van der Waals surface area (Å²) in [5, 5.41) is 3.32. The second kappa shape index (κ2) is 6.63. The van der Waals surface area contributed by atoms with Gasteiger partial charge in [0.1, 0.15) is 0 Å². The molecule has 2 rings (SSSR count). The molecule has 0 amide bonds. The van der Waals surface area contributed by atoms with E-state index >= 15 is 0 Å². The van der Waals surface area contributed by atoms with E-state index in [4.69, 9.17) is 0 Å². The maximum Gasteiger partial charge on any atom is 0.0343 e. The van der Waals surface area contributed by atoms with Crippen molar-refractivity contribution in [2.45, 2.75) is 19.9 Å². The molecule has 0 aliphatic heterocycles. The van der Waals surface area contributed by atoms with Gasteiger partial charge in [-0.2, -0.15) is 0 Å². The Morgan fingerprint density at radius 2 is 1.60 bits per heavy atom. The van der Waals surface area contributed by atoms with E-state index in [0.29, 0.717) is 6.04 Å². The summed E-state index contributed by atoms with van der Waals surface area (Å²) < 4.78 is 0. The molecule has 2 aromatic carbocycles. The average molecular weight is 261 g/mol. The third kappa shape index (κ3) is 4.03. The maximum atomic E-state index is 4.07. The molecule has 1 heteroatoms. The standard InChI is InChI=1S/C19H19N/c1-15(2)20-16(3)19-11-7-10-18(14-19)13-12-17-8-5-4-6-9-17/h4-11,14-15,20H,3H2,1-2H3. The average Bonchev–Trinajstić information content (AvgIpc) is 2.46. The minimum atomic E-state index is 0.376. The molecule has 20 heavy (non-hydrogen) atoms. The maximum absolute atomic E-state index is 4.07. The van der Waals surface area contributed by atoms with E-state index in [9.17, 15) is 0 Å². The van der Waals surface area contributed by atoms with Gasteiger partial charge in [0.2, 0.25) is 0 Å². The fourth-order valence-corrected chi connectivity index (χ4v) is 1.88. The Morgan fingerprint density at radius 1 is 0.950 bits per heavy atom. The Kier molecular flexibility index (Phi) is 4.63. The summed E-state index contributed by atoms with van der Waals surface area (Å²) in [4.78, 5) is 0. The molecule has 0 fully saturated rings. The second-order valence-electron chi connectivity index (χ2n) is 4.97. The smallest absolute Gasteiger partial charge is 0.0343 e. The van der Waals surface area contributed by atoms with Crippen molar-refractivity contribution in [1.29, 1.82) is 0 Å². The summed E-state index contributed by atoms with van der Waals surface area (Å²) >= 11 is 0. The van der Waals surface area contributed by atoms with Crippen LogP contribution in [0, 0.1) is 11.8 Å². The van der Waals surface area contributed by atoms with Crippen LogP contribution in [0.4, 0.5) is 0 Å². The van der Waals surface area contributed by atoms with Gasteiger partial charge in [0.15, 0.2) is 0 Å². The summed E-state index contributed by atoms with van der Waals surface area (Å²) in [7, 11) is 0. The number of benzene rings is 2. The number of hydrogen-bond acceptors (Lipinski definition) is 1. The summed E-state index contributed by atoms with van der Waals surface area (Å²) in [6.45, 7) is 8.27. The number of hydrogen-bond donors (Lipinski definition) is 1. The molecule has 0 aromatic heterocycles. The van der Waals surface area contributed by atoms with Crippen LogP contribution in [-0.4, -0.2) is 6.04 Å². The predicted octanol–water partition coefficient (Wildman–Crippen LogP) is 4.06. The molecule has 0 aliphatic carbocycles. The lowest BCUT2D eigenvalue weighted by atomic mass is 10.1. The summed E-state index contributed by atoms with van der Waals surface area (Å²) in [5.41, 5.74) is 4.04. The molecule has 1 N–H and O–H groups in total.